The Labute approximate surface area is 158 Å². The number of amides is 2. The Kier molecular flexibility index (Phi) is 4.92. The zero-order valence-electron chi connectivity index (χ0n) is 15.2. The highest BCUT2D eigenvalue weighted by Gasteiger charge is 2.19. The molecule has 2 heterocycles. The Balaban J connectivity index is 1.35. The van der Waals surface area contributed by atoms with Crippen molar-refractivity contribution in [1.82, 2.24) is 10.3 Å². The molecule has 0 radical (unpaired) electrons. The molecule has 2 N–H and O–H groups in total. The number of nitrogens with one attached hydrogen (secondary N) is 2. The second-order valence-electron chi connectivity index (χ2n) is 6.91. The van der Waals surface area contributed by atoms with E-state index in [2.05, 4.69) is 16.4 Å². The minimum atomic E-state index is -0.0913. The fraction of sp³-hybridized carbons (Fsp3) is 0.273. The molecule has 0 unspecified atom stereocenters. The Morgan fingerprint density at radius 1 is 1.07 bits per heavy atom. The van der Waals surface area contributed by atoms with Gasteiger partial charge in [-0.15, -0.1) is 0 Å². The van der Waals surface area contributed by atoms with E-state index in [1.54, 1.807) is 12.1 Å². The summed E-state index contributed by atoms with van der Waals surface area (Å²) in [6.07, 6.45) is 5.38. The first-order valence-electron chi connectivity index (χ1n) is 9.46. The van der Waals surface area contributed by atoms with Crippen LogP contribution in [0.5, 0.6) is 0 Å². The molecule has 1 fully saturated rings. The maximum atomic E-state index is 12.4. The second kappa shape index (κ2) is 7.66. The zero-order chi connectivity index (χ0) is 18.6. The van der Waals surface area contributed by atoms with E-state index in [-0.39, 0.29) is 11.8 Å². The molecule has 0 spiro atoms. The van der Waals surface area contributed by atoms with Gasteiger partial charge in [0.25, 0.3) is 5.91 Å². The van der Waals surface area contributed by atoms with Crippen LogP contribution in [0.3, 0.4) is 0 Å². The molecule has 2 amide bonds. The smallest absolute Gasteiger partial charge is 0.251 e. The van der Waals surface area contributed by atoms with Crippen molar-refractivity contribution >= 4 is 28.4 Å². The molecule has 1 aromatic heterocycles. The Morgan fingerprint density at radius 3 is 2.70 bits per heavy atom. The summed E-state index contributed by atoms with van der Waals surface area (Å²) in [4.78, 5) is 29.5. The summed E-state index contributed by atoms with van der Waals surface area (Å²) in [6, 6.07) is 15.5. The molecule has 0 aliphatic carbocycles. The van der Waals surface area contributed by atoms with E-state index in [1.165, 1.54) is 10.9 Å². The topological polar surface area (TPSA) is 65.2 Å². The number of anilines is 1. The van der Waals surface area contributed by atoms with Crippen LogP contribution >= 0.6 is 0 Å². The molecule has 0 atom stereocenters. The molecule has 1 aliphatic heterocycles. The van der Waals surface area contributed by atoms with Gasteiger partial charge < -0.3 is 15.2 Å². The highest BCUT2D eigenvalue weighted by atomic mass is 16.2. The minimum Gasteiger partial charge on any atom is -0.361 e. The van der Waals surface area contributed by atoms with Crippen molar-refractivity contribution in [3.63, 3.8) is 0 Å². The number of hydrogen-bond donors (Lipinski definition) is 2. The predicted molar refractivity (Wildman–Crippen MR) is 107 cm³/mol. The van der Waals surface area contributed by atoms with Crippen LogP contribution in [0.25, 0.3) is 10.9 Å². The molecular weight excluding hydrogens is 338 g/mol. The number of para-hydroxylation sites is 1. The van der Waals surface area contributed by atoms with Gasteiger partial charge in [0.15, 0.2) is 0 Å². The van der Waals surface area contributed by atoms with E-state index < -0.39 is 0 Å². The van der Waals surface area contributed by atoms with Gasteiger partial charge in [0.2, 0.25) is 5.91 Å². The fourth-order valence-corrected chi connectivity index (χ4v) is 3.62. The van der Waals surface area contributed by atoms with E-state index in [4.69, 9.17) is 0 Å². The maximum Gasteiger partial charge on any atom is 0.251 e. The lowest BCUT2D eigenvalue weighted by atomic mass is 10.1. The van der Waals surface area contributed by atoms with Crippen LogP contribution < -0.4 is 10.2 Å². The van der Waals surface area contributed by atoms with Crippen molar-refractivity contribution in [3.8, 4) is 0 Å². The van der Waals surface area contributed by atoms with Crippen LogP contribution in [0.15, 0.2) is 54.7 Å². The lowest BCUT2D eigenvalue weighted by Crippen LogP contribution is -2.35. The minimum absolute atomic E-state index is 0.0913. The van der Waals surface area contributed by atoms with Crippen molar-refractivity contribution < 1.29 is 9.59 Å². The number of rotatable bonds is 5. The molecule has 5 heteroatoms. The van der Waals surface area contributed by atoms with Gasteiger partial charge in [0.05, 0.1) is 0 Å². The van der Waals surface area contributed by atoms with Crippen molar-refractivity contribution in [2.45, 2.75) is 25.7 Å². The Hall–Kier alpha value is -3.08. The molecule has 138 valence electrons. The molecular formula is C22H23N3O2. The molecule has 0 bridgehead atoms. The number of fused-ring (bicyclic) bond motifs is 1. The molecule has 0 saturated carbocycles. The van der Waals surface area contributed by atoms with E-state index in [0.29, 0.717) is 18.5 Å². The molecule has 3 aromatic rings. The van der Waals surface area contributed by atoms with Crippen LogP contribution in [0, 0.1) is 0 Å². The molecule has 4 rings (SSSR count). The molecule has 27 heavy (non-hydrogen) atoms. The lowest BCUT2D eigenvalue weighted by Gasteiger charge is -2.26. The van der Waals surface area contributed by atoms with E-state index >= 15 is 0 Å². The summed E-state index contributed by atoms with van der Waals surface area (Å²) < 4.78 is 0. The lowest BCUT2D eigenvalue weighted by molar-refractivity contribution is -0.119. The van der Waals surface area contributed by atoms with Gasteiger partial charge in [-0.25, -0.2) is 0 Å². The van der Waals surface area contributed by atoms with Gasteiger partial charge in [0.1, 0.15) is 0 Å². The number of benzene rings is 2. The van der Waals surface area contributed by atoms with Crippen LogP contribution in [-0.2, 0) is 11.2 Å². The number of carbonyl (C=O) groups is 2. The van der Waals surface area contributed by atoms with Gasteiger partial charge in [-0.3, -0.25) is 9.59 Å². The average Bonchev–Trinajstić information content (AvgIpc) is 3.12. The number of aromatic amines is 1. The third kappa shape index (κ3) is 3.72. The number of aromatic nitrogens is 1. The first-order chi connectivity index (χ1) is 13.2. The zero-order valence-corrected chi connectivity index (χ0v) is 15.2. The maximum absolute atomic E-state index is 12.4. The predicted octanol–water partition coefficient (Wildman–Crippen LogP) is 3.66. The number of piperidine rings is 1. The summed E-state index contributed by atoms with van der Waals surface area (Å²) in [6.45, 7) is 1.34. The number of H-pyrrole nitrogens is 1. The normalized spacial score (nSPS) is 14.5. The average molecular weight is 361 g/mol. The van der Waals surface area contributed by atoms with Crippen molar-refractivity contribution in [2.24, 2.45) is 0 Å². The summed E-state index contributed by atoms with van der Waals surface area (Å²) in [5.74, 6) is 0.0727. The summed E-state index contributed by atoms with van der Waals surface area (Å²) in [7, 11) is 0. The van der Waals surface area contributed by atoms with Gasteiger partial charge in [-0.2, -0.15) is 0 Å². The van der Waals surface area contributed by atoms with Gasteiger partial charge in [0, 0.05) is 47.9 Å². The summed E-state index contributed by atoms with van der Waals surface area (Å²) in [5, 5.41) is 4.17. The van der Waals surface area contributed by atoms with Crippen LogP contribution in [0.4, 0.5) is 5.69 Å². The largest absolute Gasteiger partial charge is 0.361 e. The van der Waals surface area contributed by atoms with E-state index in [9.17, 15) is 9.59 Å². The first-order valence-corrected chi connectivity index (χ1v) is 9.46. The van der Waals surface area contributed by atoms with E-state index in [0.717, 1.165) is 37.0 Å². The Bertz CT molecular complexity index is 959. The van der Waals surface area contributed by atoms with Gasteiger partial charge in [-0.1, -0.05) is 18.2 Å². The first kappa shape index (κ1) is 17.3. The van der Waals surface area contributed by atoms with Gasteiger partial charge >= 0.3 is 0 Å². The molecule has 2 aromatic carbocycles. The third-order valence-corrected chi connectivity index (χ3v) is 5.12. The molecule has 1 aliphatic rings. The van der Waals surface area contributed by atoms with Crippen LogP contribution in [-0.4, -0.2) is 29.9 Å². The summed E-state index contributed by atoms with van der Waals surface area (Å²) in [5.41, 5.74) is 3.80. The fourth-order valence-electron chi connectivity index (χ4n) is 3.62. The van der Waals surface area contributed by atoms with Crippen LogP contribution in [0.1, 0.15) is 35.2 Å². The van der Waals surface area contributed by atoms with Crippen molar-refractivity contribution in [2.75, 3.05) is 18.0 Å². The second-order valence-corrected chi connectivity index (χ2v) is 6.91. The quantitative estimate of drug-likeness (QED) is 0.728. The third-order valence-electron chi connectivity index (χ3n) is 5.12. The van der Waals surface area contributed by atoms with Crippen LogP contribution in [0.2, 0.25) is 0 Å². The highest BCUT2D eigenvalue weighted by molar-refractivity contribution is 5.97. The van der Waals surface area contributed by atoms with E-state index in [1.807, 2.05) is 41.4 Å². The van der Waals surface area contributed by atoms with Crippen molar-refractivity contribution in [1.29, 1.82) is 0 Å². The van der Waals surface area contributed by atoms with Gasteiger partial charge in [-0.05, 0) is 55.2 Å². The molecule has 5 nitrogen and oxygen atoms in total. The number of nitrogens with zero attached hydrogens (tertiary/aromatic N) is 1. The number of hydrogen-bond acceptors (Lipinski definition) is 2. The SMILES string of the molecule is O=C(NCCc1c[nH]c2ccccc12)c1ccc(N2CCCCC2=O)cc1. The monoisotopic (exact) mass is 361 g/mol. The van der Waals surface area contributed by atoms with Crippen molar-refractivity contribution in [3.05, 3.63) is 65.9 Å². The standard InChI is InChI=1S/C22H23N3O2/c26-21-7-3-4-14-25(21)18-10-8-16(9-11-18)22(27)23-13-12-17-15-24-20-6-2-1-5-19(17)20/h1-2,5-6,8-11,15,24H,3-4,7,12-14H2,(H,23,27). The molecule has 1 saturated heterocycles. The Morgan fingerprint density at radius 2 is 1.89 bits per heavy atom. The highest BCUT2D eigenvalue weighted by Crippen LogP contribution is 2.21. The summed E-state index contributed by atoms with van der Waals surface area (Å²) >= 11 is 0. The number of carbonyl (C=O) groups excluding carboxylic acids is 2.